The van der Waals surface area contributed by atoms with Gasteiger partial charge in [-0.3, -0.25) is 29.5 Å². The Morgan fingerprint density at radius 1 is 0.868 bits per heavy atom. The maximum absolute atomic E-state index is 15.4. The Bertz CT molecular complexity index is 1980. The molecule has 4 amide bonds. The van der Waals surface area contributed by atoms with Crippen LogP contribution in [0, 0.1) is 23.7 Å². The second-order valence-electron chi connectivity index (χ2n) is 14.7. The number of hydrogen-bond acceptors (Lipinski definition) is 8. The van der Waals surface area contributed by atoms with Crippen LogP contribution in [0.25, 0.3) is 0 Å². The first-order valence-electron chi connectivity index (χ1n) is 18.3. The number of rotatable bonds is 9. The number of aliphatic hydroxyl groups is 1. The SMILES string of the molecule is COc1ccc([C@@]23C(=O)N(Nc4ccc(Cl)cc4Cl)C(=O)[C@@H]2C[C@@H]2C(=CC[C@@H]4C(=O)N(C5CCCCC5)C(=O)[C@@H]42)[C@@H]3c2ccc(OCCO)cc2)cc1. The molecule has 2 saturated carbocycles. The maximum atomic E-state index is 15.4. The van der Waals surface area contributed by atoms with E-state index in [2.05, 4.69) is 11.5 Å². The second kappa shape index (κ2) is 14.1. The number of likely N-dealkylation sites (tertiary alicyclic amines) is 1. The lowest BCUT2D eigenvalue weighted by Crippen LogP contribution is -2.53. The standard InChI is InChI=1S/C41H41Cl2N3O7/c1-52-27-14-9-24(10-15-27)41-32(38(49)46(40(41)51)44-34-18-11-25(42)21-33(34)43)22-31-29(36(41)23-7-12-28(13-8-23)53-20-19-47)16-17-30-35(31)39(50)45(37(30)48)26-5-3-2-4-6-26/h7-16,18,21,26,30-32,35-36,44,47H,2-6,17,19-20,22H2,1H3/t30-,31+,32-,35-,36-,41+/m0/s1. The molecule has 0 radical (unpaired) electrons. The van der Waals surface area contributed by atoms with Crippen LogP contribution >= 0.6 is 23.2 Å². The minimum Gasteiger partial charge on any atom is -0.497 e. The number of carbonyl (C=O) groups is 4. The minimum absolute atomic E-state index is 0.111. The van der Waals surface area contributed by atoms with Gasteiger partial charge in [0, 0.05) is 17.0 Å². The Morgan fingerprint density at radius 2 is 1.58 bits per heavy atom. The number of ether oxygens (including phenoxy) is 2. The number of amides is 4. The largest absolute Gasteiger partial charge is 0.497 e. The number of aliphatic hydroxyl groups excluding tert-OH is 1. The van der Waals surface area contributed by atoms with Crippen LogP contribution in [0.1, 0.15) is 62.0 Å². The first kappa shape index (κ1) is 35.6. The van der Waals surface area contributed by atoms with Gasteiger partial charge in [-0.1, -0.05) is 78.4 Å². The lowest BCUT2D eigenvalue weighted by molar-refractivity contribution is -0.144. The number of hydrazine groups is 1. The van der Waals surface area contributed by atoms with Crippen molar-refractivity contribution in [3.8, 4) is 11.5 Å². The van der Waals surface area contributed by atoms with Gasteiger partial charge in [0.15, 0.2) is 0 Å². The number of allylic oxidation sites excluding steroid dienone is 2. The van der Waals surface area contributed by atoms with Gasteiger partial charge < -0.3 is 14.6 Å². The summed E-state index contributed by atoms with van der Waals surface area (Å²) in [7, 11) is 1.57. The summed E-state index contributed by atoms with van der Waals surface area (Å²) >= 11 is 12.8. The van der Waals surface area contributed by atoms with Crippen molar-refractivity contribution in [2.24, 2.45) is 23.7 Å². The third kappa shape index (κ3) is 5.72. The molecule has 0 aromatic heterocycles. The lowest BCUT2D eigenvalue weighted by Gasteiger charge is -2.50. The first-order chi connectivity index (χ1) is 25.7. The molecule has 5 aliphatic rings. The van der Waals surface area contributed by atoms with Gasteiger partial charge >= 0.3 is 0 Å². The monoisotopic (exact) mass is 757 g/mol. The molecule has 2 N–H and O–H groups in total. The van der Waals surface area contributed by atoms with Gasteiger partial charge in [-0.15, -0.1) is 0 Å². The molecule has 2 aliphatic heterocycles. The van der Waals surface area contributed by atoms with Gasteiger partial charge in [0.2, 0.25) is 11.8 Å². The summed E-state index contributed by atoms with van der Waals surface area (Å²) < 4.78 is 11.2. The lowest BCUT2D eigenvalue weighted by atomic mass is 9.49. The van der Waals surface area contributed by atoms with Gasteiger partial charge in [-0.25, -0.2) is 0 Å². The van der Waals surface area contributed by atoms with Gasteiger partial charge in [0.05, 0.1) is 47.6 Å². The van der Waals surface area contributed by atoms with Crippen LogP contribution in [0.2, 0.25) is 10.0 Å². The Kier molecular flexibility index (Phi) is 9.49. The number of methoxy groups -OCH3 is 1. The van der Waals surface area contributed by atoms with Crippen molar-refractivity contribution in [2.45, 2.75) is 62.3 Å². The molecule has 10 nitrogen and oxygen atoms in total. The Hall–Kier alpha value is -4.38. The fourth-order valence-electron chi connectivity index (χ4n) is 9.86. The highest BCUT2D eigenvalue weighted by atomic mass is 35.5. The molecule has 0 spiro atoms. The van der Waals surface area contributed by atoms with Crippen molar-refractivity contribution in [3.63, 3.8) is 0 Å². The van der Waals surface area contributed by atoms with E-state index in [9.17, 15) is 19.5 Å². The van der Waals surface area contributed by atoms with Crippen molar-refractivity contribution in [2.75, 3.05) is 25.7 Å². The molecule has 6 atom stereocenters. The van der Waals surface area contributed by atoms with Crippen LogP contribution < -0.4 is 14.9 Å². The van der Waals surface area contributed by atoms with E-state index in [1.807, 2.05) is 24.3 Å². The molecular weight excluding hydrogens is 717 g/mol. The van der Waals surface area contributed by atoms with Crippen molar-refractivity contribution in [3.05, 3.63) is 99.6 Å². The van der Waals surface area contributed by atoms with Crippen LogP contribution in [0.15, 0.2) is 78.4 Å². The molecular formula is C41H41Cl2N3O7. The molecule has 0 unspecified atom stereocenters. The molecule has 3 aliphatic carbocycles. The molecule has 3 aromatic rings. The van der Waals surface area contributed by atoms with E-state index >= 15 is 4.79 Å². The normalized spacial score (nSPS) is 28.4. The number of nitrogens with one attached hydrogen (secondary N) is 1. The average Bonchev–Trinajstić information content (AvgIpc) is 3.56. The molecule has 2 heterocycles. The molecule has 3 aromatic carbocycles. The highest BCUT2D eigenvalue weighted by Gasteiger charge is 2.70. The minimum atomic E-state index is -1.45. The van der Waals surface area contributed by atoms with Crippen LogP contribution in [0.5, 0.6) is 11.5 Å². The van der Waals surface area contributed by atoms with Crippen LogP contribution in [-0.4, -0.2) is 65.0 Å². The van der Waals surface area contributed by atoms with Crippen molar-refractivity contribution in [1.82, 2.24) is 9.91 Å². The van der Waals surface area contributed by atoms with Gasteiger partial charge in [0.25, 0.3) is 11.8 Å². The molecule has 8 rings (SSSR count). The predicted octanol–water partition coefficient (Wildman–Crippen LogP) is 6.69. The maximum Gasteiger partial charge on any atom is 0.260 e. The van der Waals surface area contributed by atoms with E-state index in [4.69, 9.17) is 32.7 Å². The van der Waals surface area contributed by atoms with Crippen molar-refractivity contribution < 1.29 is 33.8 Å². The number of halogens is 2. The van der Waals surface area contributed by atoms with Crippen molar-refractivity contribution in [1.29, 1.82) is 0 Å². The highest BCUT2D eigenvalue weighted by molar-refractivity contribution is 6.36. The number of benzene rings is 3. The third-order valence-corrected chi connectivity index (χ3v) is 12.7. The van der Waals surface area contributed by atoms with Gasteiger partial charge in [-0.05, 0) is 85.2 Å². The predicted molar refractivity (Wildman–Crippen MR) is 198 cm³/mol. The molecule has 0 bridgehead atoms. The molecule has 276 valence electrons. The number of imide groups is 2. The quantitative estimate of drug-likeness (QED) is 0.183. The third-order valence-electron chi connectivity index (χ3n) is 12.1. The summed E-state index contributed by atoms with van der Waals surface area (Å²) in [6.45, 7) is -0.0308. The van der Waals surface area contributed by atoms with Crippen LogP contribution in [0.4, 0.5) is 5.69 Å². The molecule has 2 saturated heterocycles. The van der Waals surface area contributed by atoms with E-state index in [1.165, 1.54) is 6.07 Å². The van der Waals surface area contributed by atoms with E-state index in [1.54, 1.807) is 48.4 Å². The zero-order valence-electron chi connectivity index (χ0n) is 29.3. The second-order valence-corrected chi connectivity index (χ2v) is 15.5. The Labute approximate surface area is 318 Å². The summed E-state index contributed by atoms with van der Waals surface area (Å²) in [4.78, 5) is 60.5. The zero-order chi connectivity index (χ0) is 37.0. The van der Waals surface area contributed by atoms with E-state index in [-0.39, 0.29) is 42.5 Å². The summed E-state index contributed by atoms with van der Waals surface area (Å²) in [6.07, 6.45) is 7.29. The van der Waals surface area contributed by atoms with Crippen LogP contribution in [-0.2, 0) is 24.6 Å². The van der Waals surface area contributed by atoms with Gasteiger partial charge in [0.1, 0.15) is 18.1 Å². The fourth-order valence-corrected chi connectivity index (χ4v) is 10.3. The van der Waals surface area contributed by atoms with E-state index in [0.717, 1.165) is 48.2 Å². The molecule has 53 heavy (non-hydrogen) atoms. The smallest absolute Gasteiger partial charge is 0.260 e. The Morgan fingerprint density at radius 3 is 2.26 bits per heavy atom. The number of fused-ring (bicyclic) bond motifs is 4. The average molecular weight is 759 g/mol. The molecule has 12 heteroatoms. The number of anilines is 1. The van der Waals surface area contributed by atoms with Crippen molar-refractivity contribution >= 4 is 52.5 Å². The molecule has 4 fully saturated rings. The fraction of sp³-hybridized carbons (Fsp3) is 0.415. The zero-order valence-corrected chi connectivity index (χ0v) is 30.8. The Balaban J connectivity index is 1.30. The summed E-state index contributed by atoms with van der Waals surface area (Å²) in [5.41, 5.74) is 4.17. The topological polar surface area (TPSA) is 125 Å². The summed E-state index contributed by atoms with van der Waals surface area (Å²) in [6, 6.07) is 19.2. The number of nitrogens with zero attached hydrogens (tertiary/aromatic N) is 2. The summed E-state index contributed by atoms with van der Waals surface area (Å²) in [5.74, 6) is -3.28. The summed E-state index contributed by atoms with van der Waals surface area (Å²) in [5, 5.41) is 11.1. The number of carbonyl (C=O) groups excluding carboxylic acids is 4. The van der Waals surface area contributed by atoms with Crippen LogP contribution in [0.3, 0.4) is 0 Å². The van der Waals surface area contributed by atoms with Gasteiger partial charge in [-0.2, -0.15) is 5.01 Å². The number of hydrogen-bond donors (Lipinski definition) is 2. The van der Waals surface area contributed by atoms with E-state index in [0.29, 0.717) is 34.2 Å². The first-order valence-corrected chi connectivity index (χ1v) is 19.1. The highest BCUT2D eigenvalue weighted by Crippen LogP contribution is 2.64. The van der Waals surface area contributed by atoms with E-state index < -0.39 is 46.8 Å².